The van der Waals surface area contributed by atoms with Crippen LogP contribution in [0.15, 0.2) is 24.3 Å². The average Bonchev–Trinajstić information content (AvgIpc) is 3.65. The number of rotatable bonds is 4. The molecule has 2 saturated carbocycles. The minimum Gasteiger partial charge on any atom is -0.505 e. The number of benzene rings is 1. The Labute approximate surface area is 173 Å². The summed E-state index contributed by atoms with van der Waals surface area (Å²) in [5, 5.41) is 11.0. The fourth-order valence-electron chi connectivity index (χ4n) is 5.18. The largest absolute Gasteiger partial charge is 0.505 e. The van der Waals surface area contributed by atoms with Crippen molar-refractivity contribution < 1.29 is 19.1 Å². The molecule has 2 aromatic rings. The molecule has 1 spiro atoms. The molecule has 1 N–H and O–H groups in total. The number of fused-ring (bicyclic) bond motifs is 4. The lowest BCUT2D eigenvalue weighted by molar-refractivity contribution is 0.0630. The minimum atomic E-state index is -0.312. The second kappa shape index (κ2) is 6.09. The molecular weight excluding hydrogens is 385 g/mol. The van der Waals surface area contributed by atoms with Gasteiger partial charge in [-0.1, -0.05) is 12.1 Å². The summed E-state index contributed by atoms with van der Waals surface area (Å²) in [6.45, 7) is 2.30. The predicted octanol–water partition coefficient (Wildman–Crippen LogP) is 2.89. The number of hydrogen-bond donors (Lipinski definition) is 1. The molecule has 6 nitrogen and oxygen atoms in total. The molecule has 0 unspecified atom stereocenters. The van der Waals surface area contributed by atoms with Gasteiger partial charge >= 0.3 is 0 Å². The first-order valence-electron chi connectivity index (χ1n) is 10.8. The monoisotopic (exact) mass is 409 g/mol. The van der Waals surface area contributed by atoms with Gasteiger partial charge < -0.3 is 19.5 Å². The molecule has 1 aromatic carbocycles. The molecule has 156 valence electrons. The number of nitrogens with zero attached hydrogens (tertiary/aromatic N) is 3. The van der Waals surface area contributed by atoms with E-state index in [0.29, 0.717) is 37.7 Å². The second-order valence-corrected chi connectivity index (χ2v) is 9.31. The molecule has 2 amide bonds. The van der Waals surface area contributed by atoms with E-state index in [2.05, 4.69) is 0 Å². The van der Waals surface area contributed by atoms with Crippen molar-refractivity contribution >= 4 is 11.8 Å². The van der Waals surface area contributed by atoms with Crippen molar-refractivity contribution in [2.45, 2.75) is 44.2 Å². The number of halogens is 1. The van der Waals surface area contributed by atoms with Gasteiger partial charge in [-0.15, -0.1) is 0 Å². The number of carbonyl (C=O) groups excluding carboxylic acids is 2. The molecule has 2 aliphatic carbocycles. The fourth-order valence-corrected chi connectivity index (χ4v) is 5.18. The van der Waals surface area contributed by atoms with Gasteiger partial charge in [0.1, 0.15) is 11.4 Å². The molecule has 0 saturated heterocycles. The maximum absolute atomic E-state index is 13.3. The van der Waals surface area contributed by atoms with Crippen LogP contribution in [0.3, 0.4) is 0 Å². The van der Waals surface area contributed by atoms with Gasteiger partial charge in [0.2, 0.25) is 0 Å². The van der Waals surface area contributed by atoms with Gasteiger partial charge in [0.05, 0.1) is 5.54 Å². The average molecular weight is 409 g/mol. The van der Waals surface area contributed by atoms with E-state index < -0.39 is 0 Å². The first kappa shape index (κ1) is 18.0. The lowest BCUT2D eigenvalue weighted by Gasteiger charge is -2.37. The van der Waals surface area contributed by atoms with Gasteiger partial charge in [-0.3, -0.25) is 9.59 Å². The lowest BCUT2D eigenvalue weighted by Crippen LogP contribution is -2.48. The third kappa shape index (κ3) is 2.60. The van der Waals surface area contributed by atoms with Gasteiger partial charge in [0.25, 0.3) is 11.8 Å². The van der Waals surface area contributed by atoms with E-state index in [0.717, 1.165) is 43.5 Å². The standard InChI is InChI=1S/C23H24FN3O3/c24-16-5-3-15(4-6-16)11-25-10-7-17-18(21(25)29)20(28)19-22(30)26(12-14-1-2-14)13-23(8-9-23)27(17)19/h3-6,14,28H,1-2,7-13H2. The van der Waals surface area contributed by atoms with E-state index in [9.17, 15) is 19.1 Å². The van der Waals surface area contributed by atoms with Crippen LogP contribution in [0.4, 0.5) is 4.39 Å². The van der Waals surface area contributed by atoms with Gasteiger partial charge in [-0.2, -0.15) is 0 Å². The fraction of sp³-hybridized carbons (Fsp3) is 0.478. The molecular formula is C23H24FN3O3. The van der Waals surface area contributed by atoms with Crippen molar-refractivity contribution in [1.29, 1.82) is 0 Å². The molecule has 4 aliphatic rings. The molecule has 1 aromatic heterocycles. The van der Waals surface area contributed by atoms with Crippen molar-refractivity contribution in [1.82, 2.24) is 14.4 Å². The van der Waals surface area contributed by atoms with E-state index in [4.69, 9.17) is 0 Å². The van der Waals surface area contributed by atoms with Crippen LogP contribution in [0.2, 0.25) is 0 Å². The molecule has 6 rings (SSSR count). The summed E-state index contributed by atoms with van der Waals surface area (Å²) in [5.74, 6) is -0.291. The third-order valence-corrected chi connectivity index (χ3v) is 7.10. The van der Waals surface area contributed by atoms with Crippen LogP contribution in [0.25, 0.3) is 0 Å². The Kier molecular flexibility index (Phi) is 3.65. The zero-order valence-corrected chi connectivity index (χ0v) is 16.7. The van der Waals surface area contributed by atoms with E-state index >= 15 is 0 Å². The van der Waals surface area contributed by atoms with Crippen molar-refractivity contribution in [3.63, 3.8) is 0 Å². The number of aromatic hydroxyl groups is 1. The second-order valence-electron chi connectivity index (χ2n) is 9.31. The molecule has 0 radical (unpaired) electrons. The van der Waals surface area contributed by atoms with Crippen LogP contribution in [0.1, 0.15) is 57.8 Å². The first-order valence-corrected chi connectivity index (χ1v) is 10.8. The zero-order chi connectivity index (χ0) is 20.6. The van der Waals surface area contributed by atoms with E-state index in [-0.39, 0.29) is 34.5 Å². The number of hydrogen-bond acceptors (Lipinski definition) is 3. The van der Waals surface area contributed by atoms with Gasteiger partial charge in [0.15, 0.2) is 11.4 Å². The van der Waals surface area contributed by atoms with Gasteiger partial charge in [-0.05, 0) is 49.3 Å². The Hall–Kier alpha value is -2.83. The topological polar surface area (TPSA) is 65.8 Å². The van der Waals surface area contributed by atoms with Gasteiger partial charge in [0, 0.05) is 38.3 Å². The first-order chi connectivity index (χ1) is 14.5. The Bertz CT molecular complexity index is 1070. The van der Waals surface area contributed by atoms with Gasteiger partial charge in [-0.25, -0.2) is 4.39 Å². The Balaban J connectivity index is 1.36. The Morgan fingerprint density at radius 2 is 1.80 bits per heavy atom. The molecule has 0 atom stereocenters. The highest BCUT2D eigenvalue weighted by molar-refractivity contribution is 6.06. The minimum absolute atomic E-state index is 0.149. The Morgan fingerprint density at radius 1 is 1.07 bits per heavy atom. The van der Waals surface area contributed by atoms with E-state index in [1.807, 2.05) is 9.47 Å². The summed E-state index contributed by atoms with van der Waals surface area (Å²) in [7, 11) is 0. The van der Waals surface area contributed by atoms with Crippen molar-refractivity contribution in [2.24, 2.45) is 5.92 Å². The Morgan fingerprint density at radius 3 is 2.47 bits per heavy atom. The summed E-state index contributed by atoms with van der Waals surface area (Å²) in [5.41, 5.74) is 2.08. The van der Waals surface area contributed by atoms with Crippen LogP contribution in [-0.4, -0.2) is 50.9 Å². The SMILES string of the molecule is O=C1c2c(O)c3n(c2CCN1Cc1ccc(F)cc1)C1(CC1)CN(CC1CC1)C3=O. The number of aromatic nitrogens is 1. The zero-order valence-electron chi connectivity index (χ0n) is 16.7. The van der Waals surface area contributed by atoms with Crippen molar-refractivity contribution in [3.05, 3.63) is 52.6 Å². The van der Waals surface area contributed by atoms with Crippen LogP contribution in [0, 0.1) is 11.7 Å². The summed E-state index contributed by atoms with van der Waals surface area (Å²) in [4.78, 5) is 30.1. The summed E-state index contributed by atoms with van der Waals surface area (Å²) in [6.07, 6.45) is 4.88. The summed E-state index contributed by atoms with van der Waals surface area (Å²) in [6, 6.07) is 6.10. The smallest absolute Gasteiger partial charge is 0.274 e. The normalized spacial score (nSPS) is 21.8. The molecule has 2 fully saturated rings. The maximum atomic E-state index is 13.3. The number of amides is 2. The summed E-state index contributed by atoms with van der Waals surface area (Å²) < 4.78 is 15.2. The molecule has 7 heteroatoms. The van der Waals surface area contributed by atoms with Crippen molar-refractivity contribution in [3.8, 4) is 5.75 Å². The molecule has 2 aliphatic heterocycles. The van der Waals surface area contributed by atoms with Crippen LogP contribution < -0.4 is 0 Å². The van der Waals surface area contributed by atoms with Crippen LogP contribution >= 0.6 is 0 Å². The quantitative estimate of drug-likeness (QED) is 0.845. The van der Waals surface area contributed by atoms with Crippen molar-refractivity contribution in [2.75, 3.05) is 19.6 Å². The lowest BCUT2D eigenvalue weighted by atomic mass is 10.0. The predicted molar refractivity (Wildman–Crippen MR) is 107 cm³/mol. The highest BCUT2D eigenvalue weighted by Gasteiger charge is 2.55. The highest BCUT2D eigenvalue weighted by atomic mass is 19.1. The molecule has 0 bridgehead atoms. The highest BCUT2D eigenvalue weighted by Crippen LogP contribution is 2.53. The van der Waals surface area contributed by atoms with E-state index in [1.54, 1.807) is 17.0 Å². The molecule has 30 heavy (non-hydrogen) atoms. The number of carbonyl (C=O) groups is 2. The third-order valence-electron chi connectivity index (χ3n) is 7.10. The maximum Gasteiger partial charge on any atom is 0.274 e. The summed E-state index contributed by atoms with van der Waals surface area (Å²) >= 11 is 0. The van der Waals surface area contributed by atoms with Crippen LogP contribution in [-0.2, 0) is 18.5 Å². The van der Waals surface area contributed by atoms with E-state index in [1.165, 1.54) is 12.1 Å². The molecule has 3 heterocycles. The van der Waals surface area contributed by atoms with Crippen LogP contribution in [0.5, 0.6) is 5.75 Å².